The lowest BCUT2D eigenvalue weighted by molar-refractivity contribution is 0.0855. The molecule has 0 amide bonds. The fourth-order valence-electron chi connectivity index (χ4n) is 2.53. The monoisotopic (exact) mass is 199 g/mol. The third kappa shape index (κ3) is 2.47. The molecule has 2 aliphatic heterocycles. The highest BCUT2D eigenvalue weighted by molar-refractivity contribution is 4.82. The van der Waals surface area contributed by atoms with Crippen LogP contribution in [-0.2, 0) is 9.47 Å². The minimum Gasteiger partial charge on any atom is -0.381 e. The van der Waals surface area contributed by atoms with Gasteiger partial charge < -0.3 is 14.8 Å². The van der Waals surface area contributed by atoms with E-state index in [-0.39, 0.29) is 0 Å². The normalized spacial score (nSPS) is 34.9. The van der Waals surface area contributed by atoms with Crippen molar-refractivity contribution in [2.45, 2.75) is 37.8 Å². The zero-order valence-electron chi connectivity index (χ0n) is 9.00. The van der Waals surface area contributed by atoms with Crippen LogP contribution in [0.15, 0.2) is 0 Å². The van der Waals surface area contributed by atoms with Crippen LogP contribution in [0.2, 0.25) is 0 Å². The Hall–Kier alpha value is -0.120. The van der Waals surface area contributed by atoms with Crippen molar-refractivity contribution < 1.29 is 9.47 Å². The van der Waals surface area contributed by atoms with Crippen LogP contribution in [0.1, 0.15) is 25.7 Å². The molecule has 14 heavy (non-hydrogen) atoms. The predicted molar refractivity (Wildman–Crippen MR) is 55.4 cm³/mol. The van der Waals surface area contributed by atoms with Gasteiger partial charge in [-0.25, -0.2) is 0 Å². The molecule has 2 heterocycles. The number of ether oxygens (including phenoxy) is 2. The highest BCUT2D eigenvalue weighted by atomic mass is 16.5. The Balaban J connectivity index is 1.79. The minimum atomic E-state index is 0.494. The molecule has 0 aliphatic carbocycles. The van der Waals surface area contributed by atoms with E-state index < -0.39 is 0 Å². The molecule has 3 nitrogen and oxygen atoms in total. The van der Waals surface area contributed by atoms with Gasteiger partial charge in [0, 0.05) is 19.3 Å². The summed E-state index contributed by atoms with van der Waals surface area (Å²) in [6.07, 6.45) is 5.34. The molecule has 0 aromatic carbocycles. The second-order valence-electron chi connectivity index (χ2n) is 4.39. The highest BCUT2D eigenvalue weighted by Crippen LogP contribution is 2.24. The Bertz CT molecular complexity index is 163. The maximum atomic E-state index is 5.66. The topological polar surface area (TPSA) is 30.5 Å². The third-order valence-electron chi connectivity index (χ3n) is 3.45. The first kappa shape index (κ1) is 10.4. The van der Waals surface area contributed by atoms with Crippen LogP contribution in [0.4, 0.5) is 0 Å². The standard InChI is InChI=1S/C11H21NO2/c1-12-11(9-4-6-13-8-9)7-10-3-2-5-14-10/h9-12H,2-8H2,1H3. The van der Waals surface area contributed by atoms with Crippen molar-refractivity contribution in [2.75, 3.05) is 26.9 Å². The molecule has 3 unspecified atom stereocenters. The van der Waals surface area contributed by atoms with Crippen LogP contribution in [0.25, 0.3) is 0 Å². The second kappa shape index (κ2) is 5.10. The molecule has 0 spiro atoms. The van der Waals surface area contributed by atoms with E-state index in [1.165, 1.54) is 19.3 Å². The van der Waals surface area contributed by atoms with E-state index in [9.17, 15) is 0 Å². The van der Waals surface area contributed by atoms with Crippen molar-refractivity contribution in [1.82, 2.24) is 5.32 Å². The van der Waals surface area contributed by atoms with Gasteiger partial charge in [-0.2, -0.15) is 0 Å². The van der Waals surface area contributed by atoms with E-state index in [1.807, 2.05) is 0 Å². The SMILES string of the molecule is CNC(CC1CCCO1)C1CCOC1. The van der Waals surface area contributed by atoms with Crippen molar-refractivity contribution in [3.63, 3.8) is 0 Å². The maximum Gasteiger partial charge on any atom is 0.0590 e. The van der Waals surface area contributed by atoms with Gasteiger partial charge >= 0.3 is 0 Å². The van der Waals surface area contributed by atoms with Gasteiger partial charge in [0.25, 0.3) is 0 Å². The van der Waals surface area contributed by atoms with E-state index in [4.69, 9.17) is 9.47 Å². The van der Waals surface area contributed by atoms with Crippen LogP contribution in [-0.4, -0.2) is 39.0 Å². The van der Waals surface area contributed by atoms with Gasteiger partial charge in [-0.05, 0) is 38.6 Å². The van der Waals surface area contributed by atoms with Crippen molar-refractivity contribution in [1.29, 1.82) is 0 Å². The Kier molecular flexibility index (Phi) is 3.79. The Labute approximate surface area is 86.2 Å². The lowest BCUT2D eigenvalue weighted by atomic mass is 9.93. The molecule has 0 radical (unpaired) electrons. The van der Waals surface area contributed by atoms with Crippen molar-refractivity contribution in [3.05, 3.63) is 0 Å². The summed E-state index contributed by atoms with van der Waals surface area (Å²) in [6.45, 7) is 2.83. The number of hydrogen-bond acceptors (Lipinski definition) is 3. The molecule has 3 heteroatoms. The molecule has 0 saturated carbocycles. The fourth-order valence-corrected chi connectivity index (χ4v) is 2.53. The van der Waals surface area contributed by atoms with Crippen LogP contribution < -0.4 is 5.32 Å². The highest BCUT2D eigenvalue weighted by Gasteiger charge is 2.28. The summed E-state index contributed by atoms with van der Waals surface area (Å²) in [4.78, 5) is 0. The summed E-state index contributed by atoms with van der Waals surface area (Å²) < 4.78 is 11.1. The van der Waals surface area contributed by atoms with Crippen molar-refractivity contribution in [3.8, 4) is 0 Å². The summed E-state index contributed by atoms with van der Waals surface area (Å²) in [5.41, 5.74) is 0. The van der Waals surface area contributed by atoms with E-state index >= 15 is 0 Å². The van der Waals surface area contributed by atoms with Gasteiger partial charge in [-0.3, -0.25) is 0 Å². The zero-order valence-corrected chi connectivity index (χ0v) is 9.00. The molecule has 1 N–H and O–H groups in total. The first-order valence-electron chi connectivity index (χ1n) is 5.76. The van der Waals surface area contributed by atoms with Crippen LogP contribution in [0, 0.1) is 5.92 Å². The van der Waals surface area contributed by atoms with Gasteiger partial charge in [0.15, 0.2) is 0 Å². The molecule has 2 aliphatic rings. The second-order valence-corrected chi connectivity index (χ2v) is 4.39. The fraction of sp³-hybridized carbons (Fsp3) is 1.00. The zero-order chi connectivity index (χ0) is 9.80. The van der Waals surface area contributed by atoms with E-state index in [2.05, 4.69) is 12.4 Å². The van der Waals surface area contributed by atoms with Gasteiger partial charge in [0.2, 0.25) is 0 Å². The summed E-state index contributed by atoms with van der Waals surface area (Å²) in [5, 5.41) is 3.41. The molecular formula is C11H21NO2. The maximum absolute atomic E-state index is 5.66. The molecule has 0 aromatic rings. The smallest absolute Gasteiger partial charge is 0.0590 e. The quantitative estimate of drug-likeness (QED) is 0.737. The van der Waals surface area contributed by atoms with Gasteiger partial charge in [0.05, 0.1) is 12.7 Å². The third-order valence-corrected chi connectivity index (χ3v) is 3.45. The number of rotatable bonds is 4. The van der Waals surface area contributed by atoms with Crippen LogP contribution in [0.5, 0.6) is 0 Å². The van der Waals surface area contributed by atoms with Gasteiger partial charge in [0.1, 0.15) is 0 Å². The molecule has 0 bridgehead atoms. The largest absolute Gasteiger partial charge is 0.381 e. The lowest BCUT2D eigenvalue weighted by Gasteiger charge is -2.24. The summed E-state index contributed by atoms with van der Waals surface area (Å²) in [7, 11) is 2.05. The molecule has 0 aromatic heterocycles. The molecule has 2 fully saturated rings. The Morgan fingerprint density at radius 3 is 2.86 bits per heavy atom. The van der Waals surface area contributed by atoms with Gasteiger partial charge in [-0.15, -0.1) is 0 Å². The van der Waals surface area contributed by atoms with Crippen LogP contribution in [0.3, 0.4) is 0 Å². The minimum absolute atomic E-state index is 0.494. The molecule has 3 atom stereocenters. The first-order chi connectivity index (χ1) is 6.90. The van der Waals surface area contributed by atoms with Crippen molar-refractivity contribution >= 4 is 0 Å². The van der Waals surface area contributed by atoms with E-state index in [0.717, 1.165) is 26.2 Å². The molecule has 2 saturated heterocycles. The summed E-state index contributed by atoms with van der Waals surface area (Å²) in [5.74, 6) is 0.698. The predicted octanol–water partition coefficient (Wildman–Crippen LogP) is 1.18. The molecule has 82 valence electrons. The lowest BCUT2D eigenvalue weighted by Crippen LogP contribution is -2.37. The number of hydrogen-bond donors (Lipinski definition) is 1. The average Bonchev–Trinajstić information content (AvgIpc) is 2.86. The first-order valence-corrected chi connectivity index (χ1v) is 5.76. The number of nitrogens with one attached hydrogen (secondary N) is 1. The summed E-state index contributed by atoms with van der Waals surface area (Å²) in [6, 6.07) is 0.584. The van der Waals surface area contributed by atoms with Crippen molar-refractivity contribution in [2.24, 2.45) is 5.92 Å². The van der Waals surface area contributed by atoms with E-state index in [1.54, 1.807) is 0 Å². The van der Waals surface area contributed by atoms with Gasteiger partial charge in [-0.1, -0.05) is 0 Å². The molecular weight excluding hydrogens is 178 g/mol. The Morgan fingerprint density at radius 2 is 2.29 bits per heavy atom. The summed E-state index contributed by atoms with van der Waals surface area (Å²) >= 11 is 0. The van der Waals surface area contributed by atoms with E-state index in [0.29, 0.717) is 18.1 Å². The molecule has 2 rings (SSSR count). The average molecular weight is 199 g/mol. The van der Waals surface area contributed by atoms with Crippen LogP contribution >= 0.6 is 0 Å². The Morgan fingerprint density at radius 1 is 1.36 bits per heavy atom.